The molecule has 1 heterocycles. The lowest BCUT2D eigenvalue weighted by molar-refractivity contribution is -0.108. The summed E-state index contributed by atoms with van der Waals surface area (Å²) in [7, 11) is 0. The maximum absolute atomic E-state index is 12.2. The average Bonchev–Trinajstić information content (AvgIpc) is 2.84. The predicted octanol–water partition coefficient (Wildman–Crippen LogP) is 3.16. The second-order valence-corrected chi connectivity index (χ2v) is 5.27. The van der Waals surface area contributed by atoms with E-state index in [1.54, 1.807) is 4.90 Å². The van der Waals surface area contributed by atoms with Crippen LogP contribution in [0.25, 0.3) is 0 Å². The van der Waals surface area contributed by atoms with Gasteiger partial charge in [-0.1, -0.05) is 30.3 Å². The number of amides is 1. The van der Waals surface area contributed by atoms with Crippen LogP contribution in [0.2, 0.25) is 0 Å². The summed E-state index contributed by atoms with van der Waals surface area (Å²) in [5.41, 5.74) is 0.983. The number of hydrogen-bond donors (Lipinski definition) is 0. The fourth-order valence-corrected chi connectivity index (χ4v) is 2.74. The molecule has 0 unspecified atom stereocenters. The van der Waals surface area contributed by atoms with E-state index in [9.17, 15) is 9.59 Å². The van der Waals surface area contributed by atoms with Gasteiger partial charge in [-0.3, -0.25) is 0 Å². The second kappa shape index (κ2) is 7.08. The van der Waals surface area contributed by atoms with E-state index in [-0.39, 0.29) is 18.2 Å². The van der Waals surface area contributed by atoms with Crippen LogP contribution in [0, 0.1) is 0 Å². The van der Waals surface area contributed by atoms with E-state index in [1.807, 2.05) is 37.3 Å². The number of carbonyl (C=O) groups excluding carboxylic acids is 2. The molecule has 1 aliphatic rings. The molecule has 0 radical (unpaired) electrons. The number of hydrogen-bond acceptors (Lipinski definition) is 3. The summed E-state index contributed by atoms with van der Waals surface area (Å²) in [6, 6.07) is 9.98. The lowest BCUT2D eigenvalue weighted by Gasteiger charge is -2.27. The molecule has 1 saturated heterocycles. The van der Waals surface area contributed by atoms with Gasteiger partial charge in [0.2, 0.25) is 0 Å². The first-order valence-corrected chi connectivity index (χ1v) is 7.15. The minimum atomic E-state index is -0.269. The summed E-state index contributed by atoms with van der Waals surface area (Å²) in [4.78, 5) is 24.5. The van der Waals surface area contributed by atoms with E-state index in [4.69, 9.17) is 4.74 Å². The number of aldehydes is 1. The SMILES string of the molecule is C[C@@H]1CC[C@H](CCC=O)N1C(=O)OCc1ccccc1. The van der Waals surface area contributed by atoms with Gasteiger partial charge in [-0.05, 0) is 31.7 Å². The van der Waals surface area contributed by atoms with Gasteiger partial charge >= 0.3 is 6.09 Å². The zero-order valence-corrected chi connectivity index (χ0v) is 11.8. The molecule has 4 heteroatoms. The van der Waals surface area contributed by atoms with Crippen molar-refractivity contribution in [1.29, 1.82) is 0 Å². The molecule has 2 rings (SSSR count). The highest BCUT2D eigenvalue weighted by Crippen LogP contribution is 2.27. The zero-order chi connectivity index (χ0) is 14.4. The minimum absolute atomic E-state index is 0.137. The molecule has 1 aromatic rings. The molecule has 0 N–H and O–H groups in total. The van der Waals surface area contributed by atoms with Gasteiger partial charge in [-0.15, -0.1) is 0 Å². The van der Waals surface area contributed by atoms with Gasteiger partial charge in [-0.2, -0.15) is 0 Å². The van der Waals surface area contributed by atoms with Gasteiger partial charge in [0.05, 0.1) is 0 Å². The van der Waals surface area contributed by atoms with Crippen LogP contribution in [0.15, 0.2) is 30.3 Å². The van der Waals surface area contributed by atoms with Crippen molar-refractivity contribution in [2.75, 3.05) is 0 Å². The molecule has 20 heavy (non-hydrogen) atoms. The molecular formula is C16H21NO3. The van der Waals surface area contributed by atoms with E-state index >= 15 is 0 Å². The summed E-state index contributed by atoms with van der Waals surface area (Å²) in [6.45, 7) is 2.33. The fourth-order valence-electron chi connectivity index (χ4n) is 2.74. The molecule has 108 valence electrons. The van der Waals surface area contributed by atoms with Crippen molar-refractivity contribution >= 4 is 12.4 Å². The standard InChI is InChI=1S/C16H21NO3/c1-13-9-10-15(8-5-11-18)17(13)16(19)20-12-14-6-3-2-4-7-14/h2-4,6-7,11,13,15H,5,8-10,12H2,1H3/t13-,15+/m1/s1. The second-order valence-electron chi connectivity index (χ2n) is 5.27. The van der Waals surface area contributed by atoms with E-state index in [0.717, 1.165) is 31.1 Å². The van der Waals surface area contributed by atoms with Crippen LogP contribution in [-0.4, -0.2) is 29.4 Å². The highest BCUT2D eigenvalue weighted by molar-refractivity contribution is 5.69. The molecule has 0 aliphatic carbocycles. The Morgan fingerprint density at radius 3 is 2.80 bits per heavy atom. The molecular weight excluding hydrogens is 254 g/mol. The number of benzene rings is 1. The van der Waals surface area contributed by atoms with Crippen molar-refractivity contribution in [3.63, 3.8) is 0 Å². The van der Waals surface area contributed by atoms with Gasteiger partial charge in [0.15, 0.2) is 0 Å². The molecule has 1 aromatic carbocycles. The van der Waals surface area contributed by atoms with E-state index in [1.165, 1.54) is 0 Å². The Hall–Kier alpha value is -1.84. The maximum Gasteiger partial charge on any atom is 0.410 e. The molecule has 1 amide bonds. The molecule has 1 fully saturated rings. The van der Waals surface area contributed by atoms with Crippen molar-refractivity contribution in [2.45, 2.75) is 51.3 Å². The van der Waals surface area contributed by atoms with Gasteiger partial charge in [0.1, 0.15) is 12.9 Å². The molecule has 4 nitrogen and oxygen atoms in total. The van der Waals surface area contributed by atoms with Crippen molar-refractivity contribution in [1.82, 2.24) is 4.90 Å². The Labute approximate surface area is 119 Å². The molecule has 1 aliphatic heterocycles. The fraction of sp³-hybridized carbons (Fsp3) is 0.500. The Kier molecular flexibility index (Phi) is 5.16. The van der Waals surface area contributed by atoms with Crippen LogP contribution in [0.3, 0.4) is 0 Å². The Bertz CT molecular complexity index is 446. The van der Waals surface area contributed by atoms with Crippen LogP contribution >= 0.6 is 0 Å². The number of nitrogens with zero attached hydrogens (tertiary/aromatic N) is 1. The van der Waals surface area contributed by atoms with Crippen LogP contribution in [-0.2, 0) is 16.1 Å². The third kappa shape index (κ3) is 3.59. The smallest absolute Gasteiger partial charge is 0.410 e. The summed E-state index contributed by atoms with van der Waals surface area (Å²) in [6.07, 6.45) is 3.80. The minimum Gasteiger partial charge on any atom is -0.445 e. The van der Waals surface area contributed by atoms with E-state index in [2.05, 4.69) is 0 Å². The summed E-state index contributed by atoms with van der Waals surface area (Å²) in [5.74, 6) is 0. The lowest BCUT2D eigenvalue weighted by Crippen LogP contribution is -2.40. The van der Waals surface area contributed by atoms with Crippen molar-refractivity contribution in [3.8, 4) is 0 Å². The van der Waals surface area contributed by atoms with Crippen LogP contribution in [0.1, 0.15) is 38.2 Å². The molecule has 0 aromatic heterocycles. The molecule has 0 spiro atoms. The topological polar surface area (TPSA) is 46.6 Å². The van der Waals surface area contributed by atoms with Gasteiger partial charge in [-0.25, -0.2) is 4.79 Å². The van der Waals surface area contributed by atoms with Gasteiger partial charge in [0, 0.05) is 18.5 Å². The van der Waals surface area contributed by atoms with Crippen LogP contribution < -0.4 is 0 Å². The average molecular weight is 275 g/mol. The Morgan fingerprint density at radius 1 is 1.35 bits per heavy atom. The Balaban J connectivity index is 1.90. The van der Waals surface area contributed by atoms with Crippen molar-refractivity contribution < 1.29 is 14.3 Å². The highest BCUT2D eigenvalue weighted by Gasteiger charge is 2.34. The normalized spacial score (nSPS) is 21.8. The zero-order valence-electron chi connectivity index (χ0n) is 11.8. The summed E-state index contributed by atoms with van der Waals surface area (Å²) < 4.78 is 5.39. The monoisotopic (exact) mass is 275 g/mol. The van der Waals surface area contributed by atoms with Crippen LogP contribution in [0.4, 0.5) is 4.79 Å². The maximum atomic E-state index is 12.2. The van der Waals surface area contributed by atoms with E-state index in [0.29, 0.717) is 13.0 Å². The van der Waals surface area contributed by atoms with Crippen LogP contribution in [0.5, 0.6) is 0 Å². The van der Waals surface area contributed by atoms with Crippen molar-refractivity contribution in [3.05, 3.63) is 35.9 Å². The largest absolute Gasteiger partial charge is 0.445 e. The number of carbonyl (C=O) groups is 2. The molecule has 2 atom stereocenters. The Morgan fingerprint density at radius 2 is 2.10 bits per heavy atom. The summed E-state index contributed by atoms with van der Waals surface area (Å²) >= 11 is 0. The quantitative estimate of drug-likeness (QED) is 0.775. The number of rotatable bonds is 5. The first kappa shape index (κ1) is 14.6. The third-order valence-electron chi connectivity index (χ3n) is 3.82. The molecule has 0 saturated carbocycles. The first-order valence-electron chi connectivity index (χ1n) is 7.15. The van der Waals surface area contributed by atoms with E-state index < -0.39 is 0 Å². The number of likely N-dealkylation sites (tertiary alicyclic amines) is 1. The lowest BCUT2D eigenvalue weighted by atomic mass is 10.1. The van der Waals surface area contributed by atoms with Gasteiger partial charge < -0.3 is 14.4 Å². The predicted molar refractivity (Wildman–Crippen MR) is 76.2 cm³/mol. The molecule has 0 bridgehead atoms. The van der Waals surface area contributed by atoms with Crippen molar-refractivity contribution in [2.24, 2.45) is 0 Å². The number of ether oxygens (including phenoxy) is 1. The summed E-state index contributed by atoms with van der Waals surface area (Å²) in [5, 5.41) is 0. The first-order chi connectivity index (χ1) is 9.72. The highest BCUT2D eigenvalue weighted by atomic mass is 16.6. The third-order valence-corrected chi connectivity index (χ3v) is 3.82. The van der Waals surface area contributed by atoms with Gasteiger partial charge in [0.25, 0.3) is 0 Å².